The summed E-state index contributed by atoms with van der Waals surface area (Å²) in [5.74, 6) is 0.401. The third-order valence-corrected chi connectivity index (χ3v) is 5.15. The van der Waals surface area contributed by atoms with Crippen LogP contribution in [0.4, 0.5) is 0 Å². The van der Waals surface area contributed by atoms with Gasteiger partial charge in [-0.25, -0.2) is 9.97 Å². The number of nitrogens with one attached hydrogen (secondary N) is 1. The molecule has 0 saturated carbocycles. The summed E-state index contributed by atoms with van der Waals surface area (Å²) in [6.07, 6.45) is 3.40. The number of fused-ring (bicyclic) bond motifs is 1. The zero-order chi connectivity index (χ0) is 20.2. The highest BCUT2D eigenvalue weighted by Gasteiger charge is 2.18. The van der Waals surface area contributed by atoms with E-state index in [4.69, 9.17) is 9.47 Å². The van der Waals surface area contributed by atoms with Crippen LogP contribution in [0.3, 0.4) is 0 Å². The van der Waals surface area contributed by atoms with Gasteiger partial charge in [-0.15, -0.1) is 0 Å². The van der Waals surface area contributed by atoms with Crippen molar-refractivity contribution in [3.05, 3.63) is 42.4 Å². The van der Waals surface area contributed by atoms with Gasteiger partial charge in [0.1, 0.15) is 0 Å². The molecule has 3 aromatic rings. The zero-order valence-electron chi connectivity index (χ0n) is 16.7. The Labute approximate surface area is 169 Å². The normalized spacial score (nSPS) is 14.8. The Kier molecular flexibility index (Phi) is 5.73. The Bertz CT molecular complexity index is 1010. The van der Waals surface area contributed by atoms with Crippen LogP contribution in [0.15, 0.2) is 36.8 Å². The number of imidazole rings is 1. The smallest absolute Gasteiger partial charge is 0.253 e. The second-order valence-corrected chi connectivity index (χ2v) is 7.02. The Hall–Kier alpha value is -2.97. The number of hydrogen-bond acceptors (Lipinski definition) is 6. The fourth-order valence-corrected chi connectivity index (χ4v) is 3.64. The molecular weight excluding hydrogens is 370 g/mol. The van der Waals surface area contributed by atoms with Gasteiger partial charge in [-0.05, 0) is 29.8 Å². The monoisotopic (exact) mass is 395 g/mol. The second-order valence-electron chi connectivity index (χ2n) is 7.02. The molecule has 0 bridgehead atoms. The van der Waals surface area contributed by atoms with Crippen LogP contribution >= 0.6 is 0 Å². The number of pyridine rings is 1. The molecule has 1 N–H and O–H groups in total. The minimum Gasteiger partial charge on any atom is -0.481 e. The topological polar surface area (TPSA) is 81.5 Å². The first-order chi connectivity index (χ1) is 14.2. The summed E-state index contributed by atoms with van der Waals surface area (Å²) in [5, 5.41) is 3.05. The van der Waals surface area contributed by atoms with Crippen LogP contribution in [0, 0.1) is 0 Å². The summed E-state index contributed by atoms with van der Waals surface area (Å²) in [5.41, 5.74) is 3.82. The quantitative estimate of drug-likeness (QED) is 0.684. The van der Waals surface area contributed by atoms with Crippen molar-refractivity contribution in [2.24, 2.45) is 7.05 Å². The minimum absolute atomic E-state index is 0.114. The summed E-state index contributed by atoms with van der Waals surface area (Å²) in [7, 11) is 3.48. The zero-order valence-corrected chi connectivity index (χ0v) is 16.7. The van der Waals surface area contributed by atoms with Crippen molar-refractivity contribution in [1.29, 1.82) is 0 Å². The largest absolute Gasteiger partial charge is 0.481 e. The molecule has 0 aliphatic carbocycles. The average molecular weight is 395 g/mol. The summed E-state index contributed by atoms with van der Waals surface area (Å²) < 4.78 is 12.6. The highest BCUT2D eigenvalue weighted by atomic mass is 16.5. The van der Waals surface area contributed by atoms with Crippen LogP contribution in [0.2, 0.25) is 0 Å². The number of morpholine rings is 1. The van der Waals surface area contributed by atoms with Crippen molar-refractivity contribution in [1.82, 2.24) is 24.8 Å². The van der Waals surface area contributed by atoms with Crippen molar-refractivity contribution >= 4 is 16.9 Å². The van der Waals surface area contributed by atoms with E-state index in [1.54, 1.807) is 19.6 Å². The number of ether oxygens (including phenoxy) is 2. The van der Waals surface area contributed by atoms with Gasteiger partial charge in [0.15, 0.2) is 0 Å². The van der Waals surface area contributed by atoms with Crippen molar-refractivity contribution in [2.45, 2.75) is 0 Å². The lowest BCUT2D eigenvalue weighted by molar-refractivity contribution is 0.0383. The maximum Gasteiger partial charge on any atom is 0.253 e. The van der Waals surface area contributed by atoms with Crippen LogP contribution in [0.5, 0.6) is 5.88 Å². The van der Waals surface area contributed by atoms with Crippen LogP contribution < -0.4 is 10.1 Å². The lowest BCUT2D eigenvalue weighted by Crippen LogP contribution is -2.41. The maximum absolute atomic E-state index is 13.0. The van der Waals surface area contributed by atoms with E-state index in [0.29, 0.717) is 18.0 Å². The van der Waals surface area contributed by atoms with Gasteiger partial charge in [-0.3, -0.25) is 9.69 Å². The van der Waals surface area contributed by atoms with Gasteiger partial charge in [0.2, 0.25) is 5.88 Å². The number of carbonyl (C=O) groups is 1. The lowest BCUT2D eigenvalue weighted by atomic mass is 10.0. The van der Waals surface area contributed by atoms with Gasteiger partial charge in [-0.1, -0.05) is 0 Å². The van der Waals surface area contributed by atoms with Gasteiger partial charge in [0.05, 0.1) is 43.2 Å². The molecule has 3 heterocycles. The molecular formula is C21H25N5O3. The van der Waals surface area contributed by atoms with Crippen molar-refractivity contribution in [3.8, 4) is 17.0 Å². The molecule has 2 aromatic heterocycles. The fraction of sp³-hybridized carbons (Fsp3) is 0.381. The standard InChI is InChI=1S/C21H25N5O3/c1-25-14-24-18-13-15(16-4-3-5-23-21(16)28-2)12-17(19(18)25)20(27)22-6-7-26-8-10-29-11-9-26/h3-5,12-14H,6-11H2,1-2H3,(H,22,27). The molecule has 8 nitrogen and oxygen atoms in total. The minimum atomic E-state index is -0.114. The van der Waals surface area contributed by atoms with Crippen LogP contribution in [0.25, 0.3) is 22.2 Å². The number of carbonyl (C=O) groups excluding carboxylic acids is 1. The fourth-order valence-electron chi connectivity index (χ4n) is 3.64. The van der Waals surface area contributed by atoms with Gasteiger partial charge in [0, 0.05) is 45.0 Å². The third kappa shape index (κ3) is 4.08. The number of hydrogen-bond donors (Lipinski definition) is 1. The Morgan fingerprint density at radius 1 is 1.28 bits per heavy atom. The Morgan fingerprint density at radius 3 is 2.90 bits per heavy atom. The third-order valence-electron chi connectivity index (χ3n) is 5.15. The van der Waals surface area contributed by atoms with Gasteiger partial charge in [0.25, 0.3) is 5.91 Å². The molecule has 1 aromatic carbocycles. The molecule has 1 saturated heterocycles. The maximum atomic E-state index is 13.0. The van der Waals surface area contributed by atoms with Crippen molar-refractivity contribution in [2.75, 3.05) is 46.5 Å². The molecule has 0 atom stereocenters. The Morgan fingerprint density at radius 2 is 2.10 bits per heavy atom. The number of methoxy groups -OCH3 is 1. The van der Waals surface area contributed by atoms with Crippen LogP contribution in [0.1, 0.15) is 10.4 Å². The molecule has 0 unspecified atom stereocenters. The number of aryl methyl sites for hydroxylation is 1. The molecule has 0 spiro atoms. The molecule has 1 aliphatic heterocycles. The first-order valence-corrected chi connectivity index (χ1v) is 9.70. The van der Waals surface area contributed by atoms with E-state index in [-0.39, 0.29) is 5.91 Å². The lowest BCUT2D eigenvalue weighted by Gasteiger charge is -2.26. The molecule has 152 valence electrons. The van der Waals surface area contributed by atoms with E-state index in [1.165, 1.54) is 0 Å². The van der Waals surface area contributed by atoms with Crippen molar-refractivity contribution < 1.29 is 14.3 Å². The predicted octanol–water partition coefficient (Wildman–Crippen LogP) is 1.71. The summed E-state index contributed by atoms with van der Waals surface area (Å²) in [4.78, 5) is 24.1. The van der Waals surface area contributed by atoms with Gasteiger partial charge >= 0.3 is 0 Å². The molecule has 29 heavy (non-hydrogen) atoms. The van der Waals surface area contributed by atoms with E-state index in [1.807, 2.05) is 35.9 Å². The van der Waals surface area contributed by atoms with Crippen LogP contribution in [-0.2, 0) is 11.8 Å². The predicted molar refractivity (Wildman–Crippen MR) is 110 cm³/mol. The molecule has 4 rings (SSSR count). The number of benzene rings is 1. The van der Waals surface area contributed by atoms with E-state index in [0.717, 1.165) is 55.0 Å². The number of amides is 1. The van der Waals surface area contributed by atoms with Gasteiger partial charge < -0.3 is 19.4 Å². The molecule has 1 amide bonds. The molecule has 8 heteroatoms. The molecule has 0 radical (unpaired) electrons. The Balaban J connectivity index is 1.61. The van der Waals surface area contributed by atoms with E-state index in [2.05, 4.69) is 20.2 Å². The highest BCUT2D eigenvalue weighted by Crippen LogP contribution is 2.31. The van der Waals surface area contributed by atoms with E-state index >= 15 is 0 Å². The summed E-state index contributed by atoms with van der Waals surface area (Å²) in [6, 6.07) is 7.62. The van der Waals surface area contributed by atoms with E-state index < -0.39 is 0 Å². The van der Waals surface area contributed by atoms with Gasteiger partial charge in [-0.2, -0.15) is 0 Å². The average Bonchev–Trinajstić information content (AvgIpc) is 3.14. The number of rotatable bonds is 6. The summed E-state index contributed by atoms with van der Waals surface area (Å²) in [6.45, 7) is 4.69. The van der Waals surface area contributed by atoms with Crippen LogP contribution in [-0.4, -0.2) is 71.8 Å². The highest BCUT2D eigenvalue weighted by molar-refractivity contribution is 6.07. The first kappa shape index (κ1) is 19.4. The SMILES string of the molecule is COc1ncccc1-c1cc(C(=O)NCCN2CCOCC2)c2c(c1)ncn2C. The number of aromatic nitrogens is 3. The molecule has 1 fully saturated rings. The molecule has 1 aliphatic rings. The number of nitrogens with zero attached hydrogens (tertiary/aromatic N) is 4. The van der Waals surface area contributed by atoms with E-state index in [9.17, 15) is 4.79 Å². The van der Waals surface area contributed by atoms with Crippen molar-refractivity contribution in [3.63, 3.8) is 0 Å². The first-order valence-electron chi connectivity index (χ1n) is 9.70. The second kappa shape index (κ2) is 8.59. The summed E-state index contributed by atoms with van der Waals surface area (Å²) >= 11 is 0.